The molecule has 90 valence electrons. The fourth-order valence-corrected chi connectivity index (χ4v) is 3.75. The Hall–Kier alpha value is 0.270. The molecule has 0 aliphatic carbocycles. The van der Waals surface area contributed by atoms with Crippen LogP contribution in [0.1, 0.15) is 33.6 Å². The molecular formula is C12H26N2S. The Kier molecular flexibility index (Phi) is 5.44. The van der Waals surface area contributed by atoms with Gasteiger partial charge in [0, 0.05) is 18.6 Å². The second kappa shape index (κ2) is 6.12. The van der Waals surface area contributed by atoms with E-state index < -0.39 is 0 Å². The number of hydrogen-bond acceptors (Lipinski definition) is 3. The van der Waals surface area contributed by atoms with Crippen molar-refractivity contribution in [1.82, 2.24) is 4.90 Å². The lowest BCUT2D eigenvalue weighted by Gasteiger charge is -2.46. The summed E-state index contributed by atoms with van der Waals surface area (Å²) in [6, 6.07) is 0. The van der Waals surface area contributed by atoms with Crippen molar-refractivity contribution in [2.24, 2.45) is 11.7 Å². The van der Waals surface area contributed by atoms with Crippen molar-refractivity contribution < 1.29 is 0 Å². The maximum Gasteiger partial charge on any atom is 0.0347 e. The van der Waals surface area contributed by atoms with Crippen LogP contribution in [-0.4, -0.2) is 41.6 Å². The summed E-state index contributed by atoms with van der Waals surface area (Å²) in [5, 5.41) is 0. The third-order valence-electron chi connectivity index (χ3n) is 3.44. The van der Waals surface area contributed by atoms with E-state index in [2.05, 4.69) is 37.4 Å². The average molecular weight is 230 g/mol. The SMILES string of the molecule is CCN(CC(C)C)C1(CN)CCSCC1. The van der Waals surface area contributed by atoms with Crippen LogP contribution in [0.2, 0.25) is 0 Å². The highest BCUT2D eigenvalue weighted by Gasteiger charge is 2.36. The van der Waals surface area contributed by atoms with Crippen LogP contribution in [0, 0.1) is 5.92 Å². The molecule has 0 aromatic heterocycles. The van der Waals surface area contributed by atoms with Crippen LogP contribution in [0.15, 0.2) is 0 Å². The number of hydrogen-bond donors (Lipinski definition) is 1. The molecule has 15 heavy (non-hydrogen) atoms. The van der Waals surface area contributed by atoms with Crippen molar-refractivity contribution in [1.29, 1.82) is 0 Å². The summed E-state index contributed by atoms with van der Waals surface area (Å²) in [5.74, 6) is 3.31. The standard InChI is InChI=1S/C12H26N2S/c1-4-14(9-11(2)3)12(10-13)5-7-15-8-6-12/h11H,4-10,13H2,1-3H3. The van der Waals surface area contributed by atoms with Gasteiger partial charge in [0.1, 0.15) is 0 Å². The fraction of sp³-hybridized carbons (Fsp3) is 1.00. The van der Waals surface area contributed by atoms with Crippen LogP contribution in [0.25, 0.3) is 0 Å². The van der Waals surface area contributed by atoms with Gasteiger partial charge >= 0.3 is 0 Å². The van der Waals surface area contributed by atoms with Crippen LogP contribution in [0.4, 0.5) is 0 Å². The molecule has 1 fully saturated rings. The van der Waals surface area contributed by atoms with Crippen molar-refractivity contribution in [2.45, 2.75) is 39.2 Å². The van der Waals surface area contributed by atoms with Crippen LogP contribution in [-0.2, 0) is 0 Å². The second-order valence-electron chi connectivity index (χ2n) is 4.97. The van der Waals surface area contributed by atoms with E-state index in [9.17, 15) is 0 Å². The molecule has 1 heterocycles. The summed E-state index contributed by atoms with van der Waals surface area (Å²) in [5.41, 5.74) is 6.35. The Morgan fingerprint density at radius 3 is 2.33 bits per heavy atom. The van der Waals surface area contributed by atoms with E-state index in [4.69, 9.17) is 5.73 Å². The summed E-state index contributed by atoms with van der Waals surface area (Å²) in [7, 11) is 0. The summed E-state index contributed by atoms with van der Waals surface area (Å²) in [4.78, 5) is 2.62. The minimum atomic E-state index is 0.310. The molecule has 0 bridgehead atoms. The first kappa shape index (κ1) is 13.3. The molecule has 0 amide bonds. The topological polar surface area (TPSA) is 29.3 Å². The van der Waals surface area contributed by atoms with Crippen molar-refractivity contribution in [3.8, 4) is 0 Å². The average Bonchev–Trinajstić information content (AvgIpc) is 2.26. The number of nitrogens with two attached hydrogens (primary N) is 1. The first-order chi connectivity index (χ1) is 7.14. The molecule has 0 spiro atoms. The highest BCUT2D eigenvalue weighted by Crippen LogP contribution is 2.32. The Bertz CT molecular complexity index is 176. The van der Waals surface area contributed by atoms with Gasteiger partial charge in [-0.1, -0.05) is 20.8 Å². The first-order valence-corrected chi connectivity index (χ1v) is 7.33. The highest BCUT2D eigenvalue weighted by atomic mass is 32.2. The molecule has 0 atom stereocenters. The molecule has 1 rings (SSSR count). The maximum absolute atomic E-state index is 6.04. The van der Waals surface area contributed by atoms with E-state index in [-0.39, 0.29) is 0 Å². The zero-order valence-corrected chi connectivity index (χ0v) is 11.3. The van der Waals surface area contributed by atoms with Crippen LogP contribution < -0.4 is 5.73 Å². The van der Waals surface area contributed by atoms with E-state index in [1.807, 2.05) is 0 Å². The lowest BCUT2D eigenvalue weighted by Crippen LogP contribution is -2.56. The zero-order chi connectivity index (χ0) is 11.3. The lowest BCUT2D eigenvalue weighted by atomic mass is 9.89. The largest absolute Gasteiger partial charge is 0.329 e. The minimum absolute atomic E-state index is 0.310. The molecule has 1 aliphatic heterocycles. The molecule has 0 saturated carbocycles. The van der Waals surface area contributed by atoms with Gasteiger partial charge in [-0.25, -0.2) is 0 Å². The van der Waals surface area contributed by atoms with Crippen molar-refractivity contribution >= 4 is 11.8 Å². The summed E-state index contributed by atoms with van der Waals surface area (Å²) in [6.45, 7) is 10.0. The van der Waals surface area contributed by atoms with Gasteiger partial charge in [-0.15, -0.1) is 0 Å². The zero-order valence-electron chi connectivity index (χ0n) is 10.5. The molecule has 1 saturated heterocycles. The molecule has 2 nitrogen and oxygen atoms in total. The smallest absolute Gasteiger partial charge is 0.0347 e. The van der Waals surface area contributed by atoms with Gasteiger partial charge in [-0.2, -0.15) is 11.8 Å². The number of rotatable bonds is 5. The van der Waals surface area contributed by atoms with Crippen molar-refractivity contribution in [2.75, 3.05) is 31.1 Å². The third-order valence-corrected chi connectivity index (χ3v) is 4.43. The van der Waals surface area contributed by atoms with Crippen molar-refractivity contribution in [3.05, 3.63) is 0 Å². The Balaban J connectivity index is 2.67. The molecule has 3 heteroatoms. The summed E-state index contributed by atoms with van der Waals surface area (Å²) < 4.78 is 0. The molecule has 2 N–H and O–H groups in total. The quantitative estimate of drug-likeness (QED) is 0.785. The van der Waals surface area contributed by atoms with Crippen molar-refractivity contribution in [3.63, 3.8) is 0 Å². The first-order valence-electron chi connectivity index (χ1n) is 6.17. The van der Waals surface area contributed by atoms with Gasteiger partial charge in [0.15, 0.2) is 0 Å². The molecule has 0 radical (unpaired) electrons. The molecule has 0 aromatic rings. The van der Waals surface area contributed by atoms with Crippen LogP contribution in [0.3, 0.4) is 0 Å². The van der Waals surface area contributed by atoms with E-state index >= 15 is 0 Å². The molecule has 1 aliphatic rings. The third kappa shape index (κ3) is 3.36. The van der Waals surface area contributed by atoms with E-state index in [1.165, 1.54) is 30.9 Å². The minimum Gasteiger partial charge on any atom is -0.329 e. The Labute approximate surface area is 99.0 Å². The number of nitrogens with zero attached hydrogens (tertiary/aromatic N) is 1. The second-order valence-corrected chi connectivity index (χ2v) is 6.20. The molecule has 0 aromatic carbocycles. The van der Waals surface area contributed by atoms with Gasteiger partial charge in [-0.05, 0) is 36.8 Å². The number of likely N-dealkylation sites (N-methyl/N-ethyl adjacent to an activating group) is 1. The van der Waals surface area contributed by atoms with Gasteiger partial charge in [0.05, 0.1) is 0 Å². The normalized spacial score (nSPS) is 21.2. The predicted octanol–water partition coefficient (Wildman–Crippen LogP) is 2.19. The van der Waals surface area contributed by atoms with Gasteiger partial charge < -0.3 is 5.73 Å². The van der Waals surface area contributed by atoms with Gasteiger partial charge in [0.2, 0.25) is 0 Å². The van der Waals surface area contributed by atoms with E-state index in [0.29, 0.717) is 5.54 Å². The van der Waals surface area contributed by atoms with E-state index in [1.54, 1.807) is 0 Å². The highest BCUT2D eigenvalue weighted by molar-refractivity contribution is 7.99. The van der Waals surface area contributed by atoms with Crippen LogP contribution in [0.5, 0.6) is 0 Å². The molecule has 0 unspecified atom stereocenters. The Morgan fingerprint density at radius 2 is 1.93 bits per heavy atom. The lowest BCUT2D eigenvalue weighted by molar-refractivity contribution is 0.0778. The monoisotopic (exact) mass is 230 g/mol. The summed E-state index contributed by atoms with van der Waals surface area (Å²) >= 11 is 2.08. The van der Waals surface area contributed by atoms with E-state index in [0.717, 1.165) is 19.0 Å². The predicted molar refractivity (Wildman–Crippen MR) is 70.4 cm³/mol. The molecular weight excluding hydrogens is 204 g/mol. The Morgan fingerprint density at radius 1 is 1.33 bits per heavy atom. The number of thioether (sulfide) groups is 1. The van der Waals surface area contributed by atoms with Gasteiger partial charge in [0.25, 0.3) is 0 Å². The maximum atomic E-state index is 6.04. The summed E-state index contributed by atoms with van der Waals surface area (Å²) in [6.07, 6.45) is 2.55. The fourth-order valence-electron chi connectivity index (χ4n) is 2.50. The van der Waals surface area contributed by atoms with Gasteiger partial charge in [-0.3, -0.25) is 4.90 Å². The van der Waals surface area contributed by atoms with Crippen LogP contribution >= 0.6 is 11.8 Å².